The lowest BCUT2D eigenvalue weighted by atomic mass is 9.70. The molecule has 0 aromatic carbocycles. The number of hydrogen-bond acceptors (Lipinski definition) is 3. The van der Waals surface area contributed by atoms with E-state index in [4.69, 9.17) is 4.74 Å². The Hall–Kier alpha value is -0.120. The predicted molar refractivity (Wildman–Crippen MR) is 85.1 cm³/mol. The van der Waals surface area contributed by atoms with Gasteiger partial charge < -0.3 is 10.1 Å². The molecule has 1 aliphatic carbocycles. The lowest BCUT2D eigenvalue weighted by Gasteiger charge is -2.45. The van der Waals surface area contributed by atoms with Crippen molar-refractivity contribution in [1.82, 2.24) is 10.2 Å². The molecule has 0 spiro atoms. The van der Waals surface area contributed by atoms with Crippen LogP contribution in [0.3, 0.4) is 0 Å². The van der Waals surface area contributed by atoms with Crippen LogP contribution in [0, 0.1) is 11.3 Å². The first-order valence-corrected chi connectivity index (χ1v) is 8.72. The third kappa shape index (κ3) is 4.44. The summed E-state index contributed by atoms with van der Waals surface area (Å²) in [6, 6.07) is 0. The van der Waals surface area contributed by atoms with E-state index in [-0.39, 0.29) is 0 Å². The van der Waals surface area contributed by atoms with E-state index in [2.05, 4.69) is 31.0 Å². The fraction of sp³-hybridized carbons (Fsp3) is 1.00. The first-order chi connectivity index (χ1) is 9.67. The second-order valence-electron chi connectivity index (χ2n) is 7.10. The van der Waals surface area contributed by atoms with Gasteiger partial charge in [0.2, 0.25) is 0 Å². The van der Waals surface area contributed by atoms with Crippen LogP contribution < -0.4 is 5.32 Å². The standard InChI is InChI=1S/C17H34N2O/c1-4-16-12-19(10-11-20-16)14-17(13-18-5-2)8-6-15(3)7-9-17/h15-16,18H,4-14H2,1-3H3. The molecule has 0 amide bonds. The highest BCUT2D eigenvalue weighted by atomic mass is 16.5. The SMILES string of the molecule is CCNCC1(CN2CCOC(CC)C2)CCC(C)CC1. The predicted octanol–water partition coefficient (Wildman–Crippen LogP) is 2.90. The quantitative estimate of drug-likeness (QED) is 0.811. The summed E-state index contributed by atoms with van der Waals surface area (Å²) >= 11 is 0. The Labute approximate surface area is 125 Å². The average molecular weight is 282 g/mol. The van der Waals surface area contributed by atoms with Gasteiger partial charge in [-0.1, -0.05) is 33.6 Å². The number of morpholine rings is 1. The summed E-state index contributed by atoms with van der Waals surface area (Å²) in [5.41, 5.74) is 0.512. The molecule has 2 rings (SSSR count). The highest BCUT2D eigenvalue weighted by molar-refractivity contribution is 4.90. The van der Waals surface area contributed by atoms with Gasteiger partial charge in [-0.05, 0) is 37.1 Å². The van der Waals surface area contributed by atoms with Crippen LogP contribution >= 0.6 is 0 Å². The molecule has 2 fully saturated rings. The number of nitrogens with zero attached hydrogens (tertiary/aromatic N) is 1. The molecule has 1 heterocycles. The van der Waals surface area contributed by atoms with Gasteiger partial charge in [0, 0.05) is 26.2 Å². The minimum absolute atomic E-state index is 0.461. The molecular weight excluding hydrogens is 248 g/mol. The van der Waals surface area contributed by atoms with Crippen molar-refractivity contribution in [3.63, 3.8) is 0 Å². The third-order valence-electron chi connectivity index (χ3n) is 5.32. The van der Waals surface area contributed by atoms with Crippen molar-refractivity contribution in [2.75, 3.05) is 39.3 Å². The second-order valence-corrected chi connectivity index (χ2v) is 7.10. The van der Waals surface area contributed by atoms with Crippen LogP contribution in [0.5, 0.6) is 0 Å². The fourth-order valence-corrected chi connectivity index (χ4v) is 3.80. The van der Waals surface area contributed by atoms with Gasteiger partial charge in [-0.2, -0.15) is 0 Å². The summed E-state index contributed by atoms with van der Waals surface area (Å²) in [6.07, 6.45) is 7.22. The van der Waals surface area contributed by atoms with Gasteiger partial charge in [-0.15, -0.1) is 0 Å². The van der Waals surface area contributed by atoms with E-state index in [1.165, 1.54) is 38.8 Å². The molecule has 0 aromatic rings. The molecule has 3 nitrogen and oxygen atoms in total. The van der Waals surface area contributed by atoms with E-state index in [1.54, 1.807) is 0 Å². The van der Waals surface area contributed by atoms with Gasteiger partial charge in [-0.3, -0.25) is 4.90 Å². The van der Waals surface area contributed by atoms with Crippen LogP contribution in [0.15, 0.2) is 0 Å². The van der Waals surface area contributed by atoms with Crippen molar-refractivity contribution in [3.05, 3.63) is 0 Å². The van der Waals surface area contributed by atoms with E-state index in [1.807, 2.05) is 0 Å². The Morgan fingerprint density at radius 2 is 2.00 bits per heavy atom. The van der Waals surface area contributed by atoms with Crippen molar-refractivity contribution in [2.24, 2.45) is 11.3 Å². The molecule has 20 heavy (non-hydrogen) atoms. The summed E-state index contributed by atoms with van der Waals surface area (Å²) in [4.78, 5) is 2.67. The Balaban J connectivity index is 1.92. The van der Waals surface area contributed by atoms with Crippen LogP contribution in [-0.4, -0.2) is 50.3 Å². The van der Waals surface area contributed by atoms with Gasteiger partial charge in [-0.25, -0.2) is 0 Å². The van der Waals surface area contributed by atoms with E-state index in [9.17, 15) is 0 Å². The smallest absolute Gasteiger partial charge is 0.0700 e. The van der Waals surface area contributed by atoms with Gasteiger partial charge in [0.15, 0.2) is 0 Å². The third-order valence-corrected chi connectivity index (χ3v) is 5.32. The van der Waals surface area contributed by atoms with Gasteiger partial charge in [0.25, 0.3) is 0 Å². The molecule has 1 N–H and O–H groups in total. The van der Waals surface area contributed by atoms with Crippen molar-refractivity contribution in [3.8, 4) is 0 Å². The minimum atomic E-state index is 0.461. The normalized spacial score (nSPS) is 36.1. The molecule has 0 aromatic heterocycles. The maximum atomic E-state index is 5.82. The molecule has 2 aliphatic rings. The van der Waals surface area contributed by atoms with Crippen LogP contribution in [0.25, 0.3) is 0 Å². The molecule has 0 radical (unpaired) electrons. The van der Waals surface area contributed by atoms with Crippen molar-refractivity contribution < 1.29 is 4.74 Å². The first-order valence-electron chi connectivity index (χ1n) is 8.72. The van der Waals surface area contributed by atoms with Crippen molar-refractivity contribution in [1.29, 1.82) is 0 Å². The lowest BCUT2D eigenvalue weighted by Crippen LogP contribution is -2.51. The molecule has 0 bridgehead atoms. The zero-order valence-corrected chi connectivity index (χ0v) is 13.8. The minimum Gasteiger partial charge on any atom is -0.376 e. The number of hydrogen-bond donors (Lipinski definition) is 1. The van der Waals surface area contributed by atoms with Gasteiger partial charge in [0.05, 0.1) is 12.7 Å². The molecule has 1 saturated carbocycles. The van der Waals surface area contributed by atoms with Crippen LogP contribution in [-0.2, 0) is 4.74 Å². The summed E-state index contributed by atoms with van der Waals surface area (Å²) in [5, 5.41) is 3.63. The Bertz CT molecular complexity index is 269. The maximum Gasteiger partial charge on any atom is 0.0700 e. The van der Waals surface area contributed by atoms with E-state index in [0.717, 1.165) is 38.6 Å². The molecule has 1 saturated heterocycles. The molecule has 1 unspecified atom stereocenters. The zero-order chi connectivity index (χ0) is 14.4. The summed E-state index contributed by atoms with van der Waals surface area (Å²) in [6.45, 7) is 13.6. The average Bonchev–Trinajstić information content (AvgIpc) is 2.48. The van der Waals surface area contributed by atoms with Crippen LogP contribution in [0.4, 0.5) is 0 Å². The lowest BCUT2D eigenvalue weighted by molar-refractivity contribution is -0.0477. The fourth-order valence-electron chi connectivity index (χ4n) is 3.80. The molecule has 1 aliphatic heterocycles. The summed E-state index contributed by atoms with van der Waals surface area (Å²) in [7, 11) is 0. The second kappa shape index (κ2) is 7.77. The Morgan fingerprint density at radius 1 is 1.25 bits per heavy atom. The zero-order valence-electron chi connectivity index (χ0n) is 13.8. The number of ether oxygens (including phenoxy) is 1. The maximum absolute atomic E-state index is 5.82. The van der Waals surface area contributed by atoms with E-state index in [0.29, 0.717) is 11.5 Å². The van der Waals surface area contributed by atoms with Crippen LogP contribution in [0.1, 0.15) is 52.9 Å². The van der Waals surface area contributed by atoms with Crippen molar-refractivity contribution in [2.45, 2.75) is 59.0 Å². The Kier molecular flexibility index (Phi) is 6.31. The monoisotopic (exact) mass is 282 g/mol. The Morgan fingerprint density at radius 3 is 2.65 bits per heavy atom. The van der Waals surface area contributed by atoms with Gasteiger partial charge in [0.1, 0.15) is 0 Å². The molecule has 118 valence electrons. The molecule has 3 heteroatoms. The number of nitrogens with one attached hydrogen (secondary N) is 1. The molecular formula is C17H34N2O. The van der Waals surface area contributed by atoms with E-state index < -0.39 is 0 Å². The highest BCUT2D eigenvalue weighted by Gasteiger charge is 2.36. The number of rotatable bonds is 6. The van der Waals surface area contributed by atoms with Gasteiger partial charge >= 0.3 is 0 Å². The largest absolute Gasteiger partial charge is 0.376 e. The van der Waals surface area contributed by atoms with Crippen LogP contribution in [0.2, 0.25) is 0 Å². The highest BCUT2D eigenvalue weighted by Crippen LogP contribution is 2.39. The topological polar surface area (TPSA) is 24.5 Å². The summed E-state index contributed by atoms with van der Waals surface area (Å²) in [5.74, 6) is 0.929. The van der Waals surface area contributed by atoms with E-state index >= 15 is 0 Å². The van der Waals surface area contributed by atoms with Crippen molar-refractivity contribution >= 4 is 0 Å². The molecule has 1 atom stereocenters. The summed E-state index contributed by atoms with van der Waals surface area (Å²) < 4.78 is 5.82. The first kappa shape index (κ1) is 16.3.